The summed E-state index contributed by atoms with van der Waals surface area (Å²) in [4.78, 5) is 29.0. The second kappa shape index (κ2) is 6.15. The fraction of sp³-hybridized carbons (Fsp3) is 0.462. The Morgan fingerprint density at radius 3 is 2.95 bits per heavy atom. The van der Waals surface area contributed by atoms with E-state index < -0.39 is 5.91 Å². The Bertz CT molecular complexity index is 662. The van der Waals surface area contributed by atoms with Gasteiger partial charge >= 0.3 is 0 Å². The summed E-state index contributed by atoms with van der Waals surface area (Å²) in [5.74, 6) is -0.276. The maximum Gasteiger partial charge on any atom is 0.271 e. The largest absolute Gasteiger partial charge is 0.396 e. The first kappa shape index (κ1) is 14.7. The minimum atomic E-state index is -0.449. The standard InChI is InChI=1S/C13H17N3O3S/c1-8(2)10(3-5-17)15-11(18)9-7-14-13-16(12(9)19)4-6-20-13/h4,6-8,10,17H,3,5H2,1-2H3,(H,15,18). The van der Waals surface area contributed by atoms with Crippen LogP contribution in [0.1, 0.15) is 30.6 Å². The molecule has 2 N–H and O–H groups in total. The molecule has 1 atom stereocenters. The molecule has 20 heavy (non-hydrogen) atoms. The number of carbonyl (C=O) groups excluding carboxylic acids is 1. The average molecular weight is 295 g/mol. The van der Waals surface area contributed by atoms with Gasteiger partial charge in [-0.25, -0.2) is 4.98 Å². The summed E-state index contributed by atoms with van der Waals surface area (Å²) >= 11 is 1.34. The molecule has 0 spiro atoms. The van der Waals surface area contributed by atoms with Gasteiger partial charge in [0.1, 0.15) is 5.56 Å². The number of amides is 1. The van der Waals surface area contributed by atoms with Gasteiger partial charge in [0.25, 0.3) is 11.5 Å². The molecule has 0 fully saturated rings. The van der Waals surface area contributed by atoms with Crippen LogP contribution in [0, 0.1) is 5.92 Å². The lowest BCUT2D eigenvalue weighted by Crippen LogP contribution is -2.41. The molecule has 0 saturated carbocycles. The first-order valence-electron chi connectivity index (χ1n) is 6.41. The lowest BCUT2D eigenvalue weighted by molar-refractivity contribution is 0.0914. The van der Waals surface area contributed by atoms with Gasteiger partial charge < -0.3 is 10.4 Å². The average Bonchev–Trinajstić information content (AvgIpc) is 2.87. The van der Waals surface area contributed by atoms with Gasteiger partial charge in [0, 0.05) is 30.4 Å². The van der Waals surface area contributed by atoms with Crippen molar-refractivity contribution in [2.45, 2.75) is 26.3 Å². The van der Waals surface area contributed by atoms with Crippen LogP contribution in [0.2, 0.25) is 0 Å². The van der Waals surface area contributed by atoms with Crippen LogP contribution in [0.3, 0.4) is 0 Å². The Hall–Kier alpha value is -1.73. The van der Waals surface area contributed by atoms with Gasteiger partial charge in [0.2, 0.25) is 0 Å². The molecule has 7 heteroatoms. The summed E-state index contributed by atoms with van der Waals surface area (Å²) < 4.78 is 1.36. The third-order valence-electron chi connectivity index (χ3n) is 3.15. The number of fused-ring (bicyclic) bond motifs is 1. The quantitative estimate of drug-likeness (QED) is 0.858. The van der Waals surface area contributed by atoms with Gasteiger partial charge in [-0.3, -0.25) is 14.0 Å². The zero-order valence-corrected chi connectivity index (χ0v) is 12.2. The molecule has 6 nitrogen and oxygen atoms in total. The minimum absolute atomic E-state index is 0.01000. The van der Waals surface area contributed by atoms with Gasteiger partial charge in [0.15, 0.2) is 4.96 Å². The number of thiazole rings is 1. The summed E-state index contributed by atoms with van der Waals surface area (Å²) in [5, 5.41) is 13.5. The zero-order chi connectivity index (χ0) is 14.7. The second-order valence-electron chi connectivity index (χ2n) is 4.87. The molecule has 0 saturated heterocycles. The number of hydrogen-bond acceptors (Lipinski definition) is 5. The summed E-state index contributed by atoms with van der Waals surface area (Å²) in [7, 11) is 0. The maximum atomic E-state index is 12.2. The molecular formula is C13H17N3O3S. The fourth-order valence-electron chi connectivity index (χ4n) is 1.94. The molecule has 0 aliphatic carbocycles. The Morgan fingerprint density at radius 2 is 2.30 bits per heavy atom. The zero-order valence-electron chi connectivity index (χ0n) is 11.4. The molecule has 0 aromatic carbocycles. The number of aliphatic hydroxyl groups excluding tert-OH is 1. The van der Waals surface area contributed by atoms with Gasteiger partial charge in [-0.05, 0) is 12.3 Å². The molecule has 2 heterocycles. The van der Waals surface area contributed by atoms with E-state index in [0.29, 0.717) is 11.4 Å². The normalized spacial score (nSPS) is 12.8. The van der Waals surface area contributed by atoms with E-state index in [1.54, 1.807) is 11.6 Å². The summed E-state index contributed by atoms with van der Waals surface area (Å²) in [6.45, 7) is 3.89. The third kappa shape index (κ3) is 2.88. The fourth-order valence-corrected chi connectivity index (χ4v) is 2.61. The molecule has 2 rings (SSSR count). The highest BCUT2D eigenvalue weighted by molar-refractivity contribution is 7.15. The van der Waals surface area contributed by atoms with Crippen LogP contribution in [0.25, 0.3) is 4.96 Å². The van der Waals surface area contributed by atoms with E-state index in [-0.39, 0.29) is 29.7 Å². The highest BCUT2D eigenvalue weighted by Crippen LogP contribution is 2.08. The summed E-state index contributed by atoms with van der Waals surface area (Å²) in [6, 6.07) is -0.171. The molecule has 1 unspecified atom stereocenters. The van der Waals surface area contributed by atoms with E-state index in [2.05, 4.69) is 10.3 Å². The van der Waals surface area contributed by atoms with E-state index in [4.69, 9.17) is 5.11 Å². The van der Waals surface area contributed by atoms with Crippen molar-refractivity contribution in [3.8, 4) is 0 Å². The summed E-state index contributed by atoms with van der Waals surface area (Å²) in [6.07, 6.45) is 3.36. The summed E-state index contributed by atoms with van der Waals surface area (Å²) in [5.41, 5.74) is -0.357. The topological polar surface area (TPSA) is 83.7 Å². The number of aromatic nitrogens is 2. The lowest BCUT2D eigenvalue weighted by Gasteiger charge is -2.21. The van der Waals surface area contributed by atoms with Crippen LogP contribution in [-0.2, 0) is 0 Å². The van der Waals surface area contributed by atoms with Gasteiger partial charge in [-0.15, -0.1) is 11.3 Å². The Balaban J connectivity index is 2.26. The lowest BCUT2D eigenvalue weighted by atomic mass is 10.0. The molecular weight excluding hydrogens is 278 g/mol. The molecule has 108 valence electrons. The van der Waals surface area contributed by atoms with E-state index in [0.717, 1.165) is 0 Å². The van der Waals surface area contributed by atoms with Crippen LogP contribution >= 0.6 is 11.3 Å². The van der Waals surface area contributed by atoms with Gasteiger partial charge in [0.05, 0.1) is 0 Å². The predicted molar refractivity (Wildman–Crippen MR) is 77.1 cm³/mol. The minimum Gasteiger partial charge on any atom is -0.396 e. The van der Waals surface area contributed by atoms with Crippen molar-refractivity contribution in [1.82, 2.24) is 14.7 Å². The second-order valence-corrected chi connectivity index (χ2v) is 5.74. The van der Waals surface area contributed by atoms with Crippen molar-refractivity contribution in [2.75, 3.05) is 6.61 Å². The van der Waals surface area contributed by atoms with Crippen LogP contribution < -0.4 is 10.9 Å². The number of nitrogens with one attached hydrogen (secondary N) is 1. The van der Waals surface area contributed by atoms with Crippen molar-refractivity contribution in [3.63, 3.8) is 0 Å². The van der Waals surface area contributed by atoms with Crippen LogP contribution in [0.15, 0.2) is 22.6 Å². The number of hydrogen-bond donors (Lipinski definition) is 2. The Labute approximate surface area is 120 Å². The monoisotopic (exact) mass is 295 g/mol. The molecule has 0 aliphatic rings. The van der Waals surface area contributed by atoms with Gasteiger partial charge in [-0.2, -0.15) is 0 Å². The molecule has 2 aromatic rings. The van der Waals surface area contributed by atoms with Crippen molar-refractivity contribution < 1.29 is 9.90 Å². The molecule has 0 aliphatic heterocycles. The van der Waals surface area contributed by atoms with E-state index in [1.807, 2.05) is 13.8 Å². The smallest absolute Gasteiger partial charge is 0.271 e. The van der Waals surface area contributed by atoms with E-state index in [9.17, 15) is 9.59 Å². The maximum absolute atomic E-state index is 12.2. The number of aliphatic hydroxyl groups is 1. The SMILES string of the molecule is CC(C)C(CCO)NC(=O)c1cnc2sccn2c1=O. The first-order chi connectivity index (χ1) is 9.54. The van der Waals surface area contributed by atoms with Gasteiger partial charge in [-0.1, -0.05) is 13.8 Å². The predicted octanol–water partition coefficient (Wildman–Crippen LogP) is 0.893. The highest BCUT2D eigenvalue weighted by atomic mass is 32.1. The van der Waals surface area contributed by atoms with Crippen molar-refractivity contribution >= 4 is 22.2 Å². The van der Waals surface area contributed by atoms with Crippen LogP contribution in [0.4, 0.5) is 0 Å². The molecule has 2 aromatic heterocycles. The van der Waals surface area contributed by atoms with E-state index in [1.165, 1.54) is 21.9 Å². The Kier molecular flexibility index (Phi) is 4.51. The van der Waals surface area contributed by atoms with E-state index >= 15 is 0 Å². The highest BCUT2D eigenvalue weighted by Gasteiger charge is 2.19. The van der Waals surface area contributed by atoms with Crippen LogP contribution in [0.5, 0.6) is 0 Å². The molecule has 1 amide bonds. The number of nitrogens with zero attached hydrogens (tertiary/aromatic N) is 2. The van der Waals surface area contributed by atoms with Crippen molar-refractivity contribution in [2.24, 2.45) is 5.92 Å². The number of carbonyl (C=O) groups is 1. The third-order valence-corrected chi connectivity index (χ3v) is 3.92. The van der Waals surface area contributed by atoms with Crippen LogP contribution in [-0.4, -0.2) is 33.0 Å². The molecule has 0 bridgehead atoms. The molecule has 0 radical (unpaired) electrons. The first-order valence-corrected chi connectivity index (χ1v) is 7.29. The van der Waals surface area contributed by atoms with Crippen molar-refractivity contribution in [3.05, 3.63) is 33.7 Å². The number of rotatable bonds is 5. The van der Waals surface area contributed by atoms with Crippen molar-refractivity contribution in [1.29, 1.82) is 0 Å². The Morgan fingerprint density at radius 1 is 1.55 bits per heavy atom.